The molecule has 462 valence electrons. The molecule has 1 aliphatic rings. The lowest BCUT2D eigenvalue weighted by atomic mass is 10.0. The van der Waals surface area contributed by atoms with Gasteiger partial charge in [0.15, 0.2) is 11.6 Å². The van der Waals surface area contributed by atoms with E-state index in [-0.39, 0.29) is 152 Å². The number of carbonyl (C=O) groups excluding carboxylic acids is 7. The van der Waals surface area contributed by atoms with Crippen molar-refractivity contribution in [3.05, 3.63) is 73.3 Å². The van der Waals surface area contributed by atoms with Gasteiger partial charge >= 0.3 is 11.9 Å². The van der Waals surface area contributed by atoms with E-state index in [0.29, 0.717) is 11.4 Å². The number of Topliss-reactive ketones (excluding diaryl/α,β-unsaturated/α-hetero) is 2. The van der Waals surface area contributed by atoms with E-state index >= 15 is 0 Å². The number of fused-ring (bicyclic) bond motifs is 2. The Bertz CT molecular complexity index is 2880. The van der Waals surface area contributed by atoms with E-state index in [0.717, 1.165) is 0 Å². The maximum atomic E-state index is 13.9. The van der Waals surface area contributed by atoms with Gasteiger partial charge in [-0.15, -0.1) is 0 Å². The van der Waals surface area contributed by atoms with Crippen LogP contribution in [0.1, 0.15) is 91.3 Å². The summed E-state index contributed by atoms with van der Waals surface area (Å²) in [7, 11) is 1.76. The summed E-state index contributed by atoms with van der Waals surface area (Å²) < 4.78 is 1.15. The number of pyridine rings is 1. The molecule has 1 aromatic heterocycles. The first-order chi connectivity index (χ1) is 39.7. The van der Waals surface area contributed by atoms with Crippen molar-refractivity contribution < 1.29 is 89.1 Å². The number of likely N-dealkylation sites (N-methyl/N-ethyl adjacent to an activating group) is 1. The lowest BCUT2D eigenvalue weighted by Gasteiger charge is -2.33. The molecule has 2 heterocycles. The SMILES string of the molecule is CN1CCN(C(CCC(=O)Nc2c(I)c(C(=O)CCC(=O)CO)c(I)c(C(=O)NCC(O)CO)c2I)C(=O)O)Cc2cccc(n2)CN(C(CCC(=O)Nc2c(I)c(C(=O)NCC(O)CO)c(I)c(C(=O)NCC(O)CO)c2I)C(=O)O)CC1. The summed E-state index contributed by atoms with van der Waals surface area (Å²) in [6.07, 6.45) is -5.67. The molecule has 0 saturated carbocycles. The van der Waals surface area contributed by atoms with Crippen LogP contribution < -0.4 is 26.6 Å². The minimum atomic E-state index is -1.30. The average molecular weight is 1850 g/mol. The Morgan fingerprint density at radius 2 is 0.881 bits per heavy atom. The smallest absolute Gasteiger partial charge is 0.320 e. The van der Waals surface area contributed by atoms with Crippen molar-refractivity contribution in [3.8, 4) is 0 Å². The Morgan fingerprint density at radius 3 is 1.23 bits per heavy atom. The number of carbonyl (C=O) groups is 9. The van der Waals surface area contributed by atoms with Crippen LogP contribution in [0.4, 0.5) is 11.4 Å². The normalized spacial score (nSPS) is 15.3. The first-order valence-corrected chi connectivity index (χ1v) is 32.1. The number of aliphatic hydroxyl groups excluding tert-OH is 7. The molecular weight excluding hydrogens is 1790 g/mol. The van der Waals surface area contributed by atoms with Gasteiger partial charge in [-0.1, -0.05) is 6.07 Å². The fourth-order valence-corrected chi connectivity index (χ4v) is 17.3. The number of halogens is 6. The Labute approximate surface area is 563 Å². The molecule has 2 bridgehead atoms. The van der Waals surface area contributed by atoms with Crippen LogP contribution in [0, 0.1) is 21.4 Å². The second-order valence-electron chi connectivity index (χ2n) is 19.1. The number of ketones is 2. The molecule has 1 aliphatic heterocycles. The summed E-state index contributed by atoms with van der Waals surface area (Å²) >= 11 is 10.9. The van der Waals surface area contributed by atoms with Crippen LogP contribution >= 0.6 is 136 Å². The number of rotatable bonds is 29. The summed E-state index contributed by atoms with van der Waals surface area (Å²) in [5, 5.41) is 101. The number of carboxylic acids is 2. The zero-order valence-electron chi connectivity index (χ0n) is 44.8. The highest BCUT2D eigenvalue weighted by Crippen LogP contribution is 2.38. The van der Waals surface area contributed by atoms with Gasteiger partial charge in [-0.05, 0) is 168 Å². The van der Waals surface area contributed by atoms with Crippen molar-refractivity contribution in [1.29, 1.82) is 0 Å². The van der Waals surface area contributed by atoms with Gasteiger partial charge in [0.1, 0.15) is 18.7 Å². The molecule has 3 aromatic rings. The summed E-state index contributed by atoms with van der Waals surface area (Å²) in [5.41, 5.74) is 0.813. The summed E-state index contributed by atoms with van der Waals surface area (Å²) in [4.78, 5) is 130. The fourth-order valence-electron chi connectivity index (χ4n) is 8.32. The van der Waals surface area contributed by atoms with Gasteiger partial charge in [0.25, 0.3) is 17.7 Å². The Hall–Kier alpha value is -2.80. The molecule has 0 saturated heterocycles. The summed E-state index contributed by atoms with van der Waals surface area (Å²) in [6, 6.07) is 2.54. The maximum absolute atomic E-state index is 13.9. The highest BCUT2D eigenvalue weighted by Gasteiger charge is 2.34. The molecular formula is C51H63I6N9O18. The van der Waals surface area contributed by atoms with Crippen LogP contribution in [0.5, 0.6) is 0 Å². The number of aromatic nitrogens is 1. The molecule has 2 aromatic carbocycles. The number of aliphatic carboxylic acids is 2. The minimum Gasteiger partial charge on any atom is -0.480 e. The third kappa shape index (κ3) is 21.2. The van der Waals surface area contributed by atoms with Crippen molar-refractivity contribution in [3.63, 3.8) is 0 Å². The van der Waals surface area contributed by atoms with Crippen LogP contribution in [0.3, 0.4) is 0 Å². The number of hydrogen-bond donors (Lipinski definition) is 14. The zero-order valence-corrected chi connectivity index (χ0v) is 57.8. The third-order valence-electron chi connectivity index (χ3n) is 12.9. The number of nitrogens with zero attached hydrogens (tertiary/aromatic N) is 4. The van der Waals surface area contributed by atoms with Crippen molar-refractivity contribution in [2.24, 2.45) is 0 Å². The molecule has 0 radical (unpaired) electrons. The standard InChI is InChI=1S/C51H63I6N9O18/c1-64-11-13-65(30(50(81)82)6-9-33(76)62-45-41(54)35(32(75)8-5-26(71)20-67)39(52)36(42(45)55)47(78)58-15-27(72)21-68)18-24-3-2-4-25(61-24)19-66(14-12-64)31(51(83)84)7-10-34(77)63-46-43(56)37(48(79)59-16-28(73)22-69)40(53)38(44(46)57)49(80)60-17-29(74)23-70/h2-4,27-31,67-70,72-74H,5-23H2,1H3,(H,58,78)(H,59,79)(H,60,80)(H,62,76)(H,63,77)(H,81,82)(H,83,84). The van der Waals surface area contributed by atoms with Gasteiger partial charge in [0.2, 0.25) is 11.8 Å². The van der Waals surface area contributed by atoms with E-state index in [9.17, 15) is 89.1 Å². The van der Waals surface area contributed by atoms with E-state index in [1.54, 1.807) is 80.2 Å². The highest BCUT2D eigenvalue weighted by atomic mass is 127. The average Bonchev–Trinajstić information content (AvgIpc) is 1.27. The van der Waals surface area contributed by atoms with E-state index in [1.165, 1.54) is 0 Å². The van der Waals surface area contributed by atoms with Crippen molar-refractivity contribution in [2.45, 2.75) is 82.0 Å². The molecule has 0 fully saturated rings. The molecule has 84 heavy (non-hydrogen) atoms. The Kier molecular flexibility index (Phi) is 31.6. The molecule has 4 rings (SSSR count). The van der Waals surface area contributed by atoms with Crippen molar-refractivity contribution >= 4 is 200 Å². The van der Waals surface area contributed by atoms with Gasteiger partial charge in [-0.25, -0.2) is 0 Å². The van der Waals surface area contributed by atoms with Gasteiger partial charge in [-0.3, -0.25) is 57.9 Å². The van der Waals surface area contributed by atoms with Crippen molar-refractivity contribution in [2.75, 3.05) is 89.9 Å². The van der Waals surface area contributed by atoms with Crippen LogP contribution in [0.2, 0.25) is 0 Å². The van der Waals surface area contributed by atoms with Gasteiger partial charge in [-0.2, -0.15) is 0 Å². The summed E-state index contributed by atoms with van der Waals surface area (Å²) in [6.45, 7) is -3.00. The topological polar surface area (TPSA) is 418 Å². The number of carboxylic acid groups (broad SMARTS) is 2. The monoisotopic (exact) mass is 1850 g/mol. The molecule has 14 N–H and O–H groups in total. The number of benzene rings is 2. The molecule has 0 aliphatic carbocycles. The van der Waals surface area contributed by atoms with Gasteiger partial charge in [0, 0.05) is 101 Å². The first-order valence-electron chi connectivity index (χ1n) is 25.6. The molecule has 5 amide bonds. The van der Waals surface area contributed by atoms with E-state index in [4.69, 9.17) is 4.98 Å². The first kappa shape index (κ1) is 73.7. The van der Waals surface area contributed by atoms with E-state index < -0.39 is 110 Å². The third-order valence-corrected chi connectivity index (χ3v) is 19.4. The Balaban J connectivity index is 1.58. The molecule has 33 heteroatoms. The number of anilines is 2. The summed E-state index contributed by atoms with van der Waals surface area (Å²) in [5.74, 6) is -7.22. The molecule has 5 atom stereocenters. The zero-order chi connectivity index (χ0) is 62.7. The lowest BCUT2D eigenvalue weighted by molar-refractivity contribution is -0.145. The lowest BCUT2D eigenvalue weighted by Crippen LogP contribution is -2.47. The van der Waals surface area contributed by atoms with Crippen LogP contribution in [-0.2, 0) is 37.1 Å². The minimum absolute atomic E-state index is 0.0124. The van der Waals surface area contributed by atoms with E-state index in [2.05, 4.69) is 26.6 Å². The number of nitrogens with one attached hydrogen (secondary N) is 5. The van der Waals surface area contributed by atoms with Gasteiger partial charge < -0.3 is 77.4 Å². The fraction of sp³-hybridized carbons (Fsp3) is 0.490. The highest BCUT2D eigenvalue weighted by molar-refractivity contribution is 14.1. The molecule has 0 spiro atoms. The molecule has 27 nitrogen and oxygen atoms in total. The number of aliphatic hydroxyl groups is 7. The predicted octanol–water partition coefficient (Wildman–Crippen LogP) is 0.776. The second-order valence-corrected chi connectivity index (χ2v) is 25.6. The van der Waals surface area contributed by atoms with Crippen LogP contribution in [-0.4, -0.2) is 228 Å². The van der Waals surface area contributed by atoms with Crippen LogP contribution in [0.25, 0.3) is 0 Å². The van der Waals surface area contributed by atoms with Crippen LogP contribution in [0.15, 0.2) is 18.2 Å². The quantitative estimate of drug-likeness (QED) is 0.0337. The number of hydrogen-bond acceptors (Lipinski definition) is 20. The Morgan fingerprint density at radius 1 is 0.524 bits per heavy atom. The predicted molar refractivity (Wildman–Crippen MR) is 352 cm³/mol. The van der Waals surface area contributed by atoms with Gasteiger partial charge in [0.05, 0.1) is 88.3 Å². The second kappa shape index (κ2) is 36.0. The largest absolute Gasteiger partial charge is 0.480 e. The van der Waals surface area contributed by atoms with Crippen molar-refractivity contribution in [1.82, 2.24) is 35.6 Å². The maximum Gasteiger partial charge on any atom is 0.320 e. The van der Waals surface area contributed by atoms with E-state index in [1.807, 2.05) is 95.3 Å². The molecule has 5 unspecified atom stereocenters. The number of amides is 5.